The average Bonchev–Trinajstić information content (AvgIpc) is 2.62. The minimum atomic E-state index is -0.469. The first-order valence-corrected chi connectivity index (χ1v) is 4.83. The van der Waals surface area contributed by atoms with Crippen LogP contribution in [-0.4, -0.2) is 49.1 Å². The number of rotatable bonds is 1. The molecule has 0 spiro atoms. The zero-order valence-corrected chi connectivity index (χ0v) is 8.16. The van der Waals surface area contributed by atoms with Crippen molar-refractivity contribution in [1.29, 1.82) is 0 Å². The molecule has 5 nitrogen and oxygen atoms in total. The van der Waals surface area contributed by atoms with Crippen LogP contribution < -0.4 is 5.32 Å². The Kier molecular flexibility index (Phi) is 2.41. The number of hydrogen-bond donors (Lipinski definition) is 1. The van der Waals surface area contributed by atoms with Gasteiger partial charge in [-0.15, -0.1) is 0 Å². The number of hydrogen-bond acceptors (Lipinski definition) is 4. The Morgan fingerprint density at radius 1 is 1.64 bits per heavy atom. The van der Waals surface area contributed by atoms with Gasteiger partial charge in [0.15, 0.2) is 0 Å². The van der Waals surface area contributed by atoms with Gasteiger partial charge in [-0.3, -0.25) is 9.69 Å². The Hall–Kier alpha value is -1.10. The summed E-state index contributed by atoms with van der Waals surface area (Å²) in [6.07, 6.45) is 2.01. The predicted octanol–water partition coefficient (Wildman–Crippen LogP) is -0.878. The molecule has 2 atom stereocenters. The quantitative estimate of drug-likeness (QED) is 0.556. The molecule has 2 aliphatic heterocycles. The Labute approximate surface area is 82.4 Å². The second-order valence-corrected chi connectivity index (χ2v) is 3.75. The molecule has 0 aromatic carbocycles. The molecule has 2 aliphatic rings. The van der Waals surface area contributed by atoms with E-state index in [4.69, 9.17) is 0 Å². The summed E-state index contributed by atoms with van der Waals surface area (Å²) < 4.78 is 4.67. The molecule has 1 amide bonds. The van der Waals surface area contributed by atoms with Crippen LogP contribution in [0.3, 0.4) is 0 Å². The van der Waals surface area contributed by atoms with Gasteiger partial charge < -0.3 is 10.1 Å². The van der Waals surface area contributed by atoms with Gasteiger partial charge in [-0.2, -0.15) is 0 Å². The maximum atomic E-state index is 11.4. The number of piperazine rings is 1. The molecule has 2 rings (SSSR count). The molecule has 0 aromatic rings. The average molecular weight is 198 g/mol. The Morgan fingerprint density at radius 2 is 2.43 bits per heavy atom. The number of carbonyl (C=O) groups excluding carboxylic acids is 2. The minimum Gasteiger partial charge on any atom is -0.467 e. The van der Waals surface area contributed by atoms with Crippen LogP contribution in [0, 0.1) is 0 Å². The number of nitrogens with zero attached hydrogens (tertiary/aromatic N) is 1. The van der Waals surface area contributed by atoms with Crippen LogP contribution in [0.4, 0.5) is 0 Å². The Balaban J connectivity index is 2.13. The fourth-order valence-electron chi connectivity index (χ4n) is 2.27. The lowest BCUT2D eigenvalue weighted by molar-refractivity contribution is -0.149. The zero-order valence-electron chi connectivity index (χ0n) is 8.16. The predicted molar refractivity (Wildman–Crippen MR) is 48.5 cm³/mol. The molecule has 0 unspecified atom stereocenters. The second-order valence-electron chi connectivity index (χ2n) is 3.75. The molecule has 0 bridgehead atoms. The highest BCUT2D eigenvalue weighted by molar-refractivity contribution is 5.87. The summed E-state index contributed by atoms with van der Waals surface area (Å²) in [5.74, 6) is -0.423. The molecule has 78 valence electrons. The van der Waals surface area contributed by atoms with E-state index in [0.29, 0.717) is 6.54 Å². The molecule has 5 heteroatoms. The van der Waals surface area contributed by atoms with Crippen molar-refractivity contribution in [2.75, 3.05) is 20.2 Å². The fourth-order valence-corrected chi connectivity index (χ4v) is 2.27. The minimum absolute atomic E-state index is 0.0847. The number of methoxy groups -OCH3 is 1. The molecule has 0 saturated carbocycles. The van der Waals surface area contributed by atoms with E-state index in [1.165, 1.54) is 7.11 Å². The lowest BCUT2D eigenvalue weighted by atomic mass is 10.0. The zero-order chi connectivity index (χ0) is 10.1. The Morgan fingerprint density at radius 3 is 3.14 bits per heavy atom. The van der Waals surface area contributed by atoms with Crippen molar-refractivity contribution in [3.05, 3.63) is 0 Å². The van der Waals surface area contributed by atoms with Crippen molar-refractivity contribution < 1.29 is 14.3 Å². The lowest BCUT2D eigenvalue weighted by Crippen LogP contribution is -2.61. The largest absolute Gasteiger partial charge is 0.467 e. The van der Waals surface area contributed by atoms with Gasteiger partial charge in [0.25, 0.3) is 0 Å². The first-order chi connectivity index (χ1) is 6.72. The second kappa shape index (κ2) is 3.57. The highest BCUT2D eigenvalue weighted by atomic mass is 16.5. The SMILES string of the molecule is COC(=O)[C@H]1NC(=O)CN2CCC[C@@H]12. The van der Waals surface area contributed by atoms with E-state index < -0.39 is 6.04 Å². The standard InChI is InChI=1S/C9H14N2O3/c1-14-9(13)8-6-3-2-4-11(6)5-7(12)10-8/h6,8H,2-5H2,1H3,(H,10,12)/t6-,8-/m0/s1. The molecule has 0 aliphatic carbocycles. The molecule has 14 heavy (non-hydrogen) atoms. The summed E-state index contributed by atoms with van der Waals surface area (Å²) in [7, 11) is 1.35. The fraction of sp³-hybridized carbons (Fsp3) is 0.778. The van der Waals surface area contributed by atoms with Crippen LogP contribution in [0.5, 0.6) is 0 Å². The maximum Gasteiger partial charge on any atom is 0.330 e. The third-order valence-corrected chi connectivity index (χ3v) is 2.92. The number of amides is 1. The monoisotopic (exact) mass is 198 g/mol. The van der Waals surface area contributed by atoms with Crippen LogP contribution in [0.25, 0.3) is 0 Å². The maximum absolute atomic E-state index is 11.4. The van der Waals surface area contributed by atoms with Crippen LogP contribution in [0.15, 0.2) is 0 Å². The summed E-state index contributed by atoms with van der Waals surface area (Å²) in [6, 6.07) is -0.330. The van der Waals surface area contributed by atoms with Crippen molar-refractivity contribution in [3.8, 4) is 0 Å². The van der Waals surface area contributed by atoms with Crippen LogP contribution >= 0.6 is 0 Å². The van der Waals surface area contributed by atoms with Gasteiger partial charge in [0.1, 0.15) is 6.04 Å². The molecule has 0 radical (unpaired) electrons. The van der Waals surface area contributed by atoms with Gasteiger partial charge in [-0.05, 0) is 19.4 Å². The summed E-state index contributed by atoms with van der Waals surface area (Å²) in [5.41, 5.74) is 0. The van der Waals surface area contributed by atoms with E-state index in [-0.39, 0.29) is 17.9 Å². The molecular formula is C9H14N2O3. The van der Waals surface area contributed by atoms with Crippen molar-refractivity contribution in [2.24, 2.45) is 0 Å². The molecule has 0 aromatic heterocycles. The molecule has 2 saturated heterocycles. The number of nitrogens with one attached hydrogen (secondary N) is 1. The summed E-state index contributed by atoms with van der Waals surface area (Å²) in [6.45, 7) is 1.32. The molecule has 2 heterocycles. The number of esters is 1. The number of ether oxygens (including phenoxy) is 1. The van der Waals surface area contributed by atoms with Gasteiger partial charge in [0, 0.05) is 6.04 Å². The van der Waals surface area contributed by atoms with Crippen molar-refractivity contribution >= 4 is 11.9 Å². The third kappa shape index (κ3) is 1.48. The van der Waals surface area contributed by atoms with E-state index in [1.54, 1.807) is 0 Å². The molecule has 2 fully saturated rings. The van der Waals surface area contributed by atoms with Gasteiger partial charge in [0.2, 0.25) is 5.91 Å². The van der Waals surface area contributed by atoms with Gasteiger partial charge >= 0.3 is 5.97 Å². The summed E-state index contributed by atoms with van der Waals surface area (Å²) in [5, 5.41) is 2.68. The third-order valence-electron chi connectivity index (χ3n) is 2.92. The number of fused-ring (bicyclic) bond motifs is 1. The first-order valence-electron chi connectivity index (χ1n) is 4.83. The van der Waals surface area contributed by atoms with Gasteiger partial charge in [-0.25, -0.2) is 4.79 Å². The highest BCUT2D eigenvalue weighted by Crippen LogP contribution is 2.23. The van der Waals surface area contributed by atoms with E-state index in [9.17, 15) is 9.59 Å². The highest BCUT2D eigenvalue weighted by Gasteiger charge is 2.41. The molecule has 1 N–H and O–H groups in total. The van der Waals surface area contributed by atoms with E-state index >= 15 is 0 Å². The smallest absolute Gasteiger partial charge is 0.330 e. The van der Waals surface area contributed by atoms with Crippen LogP contribution in [-0.2, 0) is 14.3 Å². The van der Waals surface area contributed by atoms with Gasteiger partial charge in [-0.1, -0.05) is 0 Å². The van der Waals surface area contributed by atoms with Crippen molar-refractivity contribution in [3.63, 3.8) is 0 Å². The summed E-state index contributed by atoms with van der Waals surface area (Å²) in [4.78, 5) is 24.7. The van der Waals surface area contributed by atoms with E-state index in [2.05, 4.69) is 15.0 Å². The number of carbonyl (C=O) groups is 2. The lowest BCUT2D eigenvalue weighted by Gasteiger charge is -2.34. The normalized spacial score (nSPS) is 32.2. The first kappa shape index (κ1) is 9.45. The van der Waals surface area contributed by atoms with Crippen molar-refractivity contribution in [1.82, 2.24) is 10.2 Å². The Bertz CT molecular complexity index is 267. The van der Waals surface area contributed by atoms with Crippen LogP contribution in [0.2, 0.25) is 0 Å². The van der Waals surface area contributed by atoms with E-state index in [1.807, 2.05) is 0 Å². The topological polar surface area (TPSA) is 58.6 Å². The van der Waals surface area contributed by atoms with Crippen molar-refractivity contribution in [2.45, 2.75) is 24.9 Å². The summed E-state index contributed by atoms with van der Waals surface area (Å²) >= 11 is 0. The molecular weight excluding hydrogens is 184 g/mol. The van der Waals surface area contributed by atoms with E-state index in [0.717, 1.165) is 19.4 Å². The van der Waals surface area contributed by atoms with Gasteiger partial charge in [0.05, 0.1) is 13.7 Å². The van der Waals surface area contributed by atoms with Crippen LogP contribution in [0.1, 0.15) is 12.8 Å².